The molecule has 0 fully saturated rings. The molecule has 0 bridgehead atoms. The molecule has 0 spiro atoms. The van der Waals surface area contributed by atoms with Crippen LogP contribution < -0.4 is 10.6 Å². The monoisotopic (exact) mass is 495 g/mol. The quantitative estimate of drug-likeness (QED) is 0.345. The molecule has 0 aliphatic rings. The lowest BCUT2D eigenvalue weighted by Gasteiger charge is -2.15. The smallest absolute Gasteiger partial charge is 0.340 e. The Morgan fingerprint density at radius 3 is 2.54 bits per heavy atom. The Labute approximate surface area is 204 Å². The molecule has 35 heavy (non-hydrogen) atoms. The summed E-state index contributed by atoms with van der Waals surface area (Å²) in [5.41, 5.74) is 0.773. The summed E-state index contributed by atoms with van der Waals surface area (Å²) in [7, 11) is 0. The van der Waals surface area contributed by atoms with Gasteiger partial charge in [0.2, 0.25) is 5.91 Å². The SMILES string of the molecule is CC(OC(=O)c1ccccc1SCC(=O)Nc1cccc(C#N)c1)C(=O)Nc1ccc(F)cc1F. The van der Waals surface area contributed by atoms with Crippen LogP contribution in [0.2, 0.25) is 0 Å². The summed E-state index contributed by atoms with van der Waals surface area (Å²) in [5, 5.41) is 13.9. The van der Waals surface area contributed by atoms with E-state index in [4.69, 9.17) is 10.00 Å². The van der Waals surface area contributed by atoms with Crippen LogP contribution in [0.15, 0.2) is 71.6 Å². The van der Waals surface area contributed by atoms with Gasteiger partial charge in [0.15, 0.2) is 6.10 Å². The topological polar surface area (TPSA) is 108 Å². The zero-order valence-corrected chi connectivity index (χ0v) is 19.2. The highest BCUT2D eigenvalue weighted by Crippen LogP contribution is 2.24. The molecule has 1 unspecified atom stereocenters. The van der Waals surface area contributed by atoms with E-state index < -0.39 is 29.6 Å². The lowest BCUT2D eigenvalue weighted by molar-refractivity contribution is -0.123. The van der Waals surface area contributed by atoms with Gasteiger partial charge in [0.25, 0.3) is 5.91 Å². The molecule has 2 amide bonds. The number of ether oxygens (including phenoxy) is 1. The normalized spacial score (nSPS) is 11.1. The van der Waals surface area contributed by atoms with Crippen molar-refractivity contribution in [3.63, 3.8) is 0 Å². The van der Waals surface area contributed by atoms with E-state index in [1.165, 1.54) is 19.1 Å². The number of nitriles is 1. The van der Waals surface area contributed by atoms with Crippen molar-refractivity contribution in [1.29, 1.82) is 5.26 Å². The lowest BCUT2D eigenvalue weighted by atomic mass is 10.2. The van der Waals surface area contributed by atoms with E-state index in [9.17, 15) is 23.2 Å². The Morgan fingerprint density at radius 2 is 1.80 bits per heavy atom. The molecular weight excluding hydrogens is 476 g/mol. The number of carbonyl (C=O) groups excluding carboxylic acids is 3. The van der Waals surface area contributed by atoms with Crippen molar-refractivity contribution in [3.05, 3.63) is 89.5 Å². The first-order valence-electron chi connectivity index (χ1n) is 10.3. The number of halogens is 2. The molecule has 0 aliphatic heterocycles. The zero-order valence-electron chi connectivity index (χ0n) is 18.4. The summed E-state index contributed by atoms with van der Waals surface area (Å²) in [6, 6.07) is 17.5. The van der Waals surface area contributed by atoms with E-state index >= 15 is 0 Å². The molecule has 10 heteroatoms. The molecule has 0 saturated carbocycles. The standard InChI is InChI=1S/C25H19F2N3O4S/c1-15(24(32)30-21-10-9-17(26)12-20(21)27)34-25(33)19-7-2-3-8-22(19)35-14-23(31)29-18-6-4-5-16(11-18)13-28/h2-12,15H,14H2,1H3,(H,29,31)(H,30,32). The van der Waals surface area contributed by atoms with E-state index in [2.05, 4.69) is 10.6 Å². The molecule has 0 heterocycles. The fraction of sp³-hybridized carbons (Fsp3) is 0.120. The highest BCUT2D eigenvalue weighted by Gasteiger charge is 2.22. The van der Waals surface area contributed by atoms with E-state index in [0.29, 0.717) is 22.2 Å². The molecule has 0 aromatic heterocycles. The Morgan fingerprint density at radius 1 is 1.03 bits per heavy atom. The number of esters is 1. The first-order chi connectivity index (χ1) is 16.8. The number of benzene rings is 3. The number of rotatable bonds is 8. The van der Waals surface area contributed by atoms with Crippen molar-refractivity contribution in [2.24, 2.45) is 0 Å². The van der Waals surface area contributed by atoms with Crippen LogP contribution >= 0.6 is 11.8 Å². The summed E-state index contributed by atoms with van der Waals surface area (Å²) in [6.07, 6.45) is -1.28. The van der Waals surface area contributed by atoms with Gasteiger partial charge >= 0.3 is 5.97 Å². The van der Waals surface area contributed by atoms with E-state index in [-0.39, 0.29) is 22.9 Å². The number of carbonyl (C=O) groups is 3. The van der Waals surface area contributed by atoms with Crippen LogP contribution in [0.5, 0.6) is 0 Å². The molecule has 0 radical (unpaired) electrons. The summed E-state index contributed by atoms with van der Waals surface area (Å²) in [5.74, 6) is -3.73. The predicted octanol–water partition coefficient (Wildman–Crippen LogP) is 4.75. The minimum Gasteiger partial charge on any atom is -0.449 e. The molecule has 0 saturated heterocycles. The Balaban J connectivity index is 1.60. The van der Waals surface area contributed by atoms with Crippen molar-refractivity contribution >= 4 is 40.9 Å². The Bertz CT molecular complexity index is 1310. The maximum Gasteiger partial charge on any atom is 0.340 e. The average molecular weight is 496 g/mol. The van der Waals surface area contributed by atoms with Crippen LogP contribution in [-0.4, -0.2) is 29.6 Å². The van der Waals surface area contributed by atoms with Crippen LogP contribution in [0.4, 0.5) is 20.2 Å². The van der Waals surface area contributed by atoms with Crippen molar-refractivity contribution in [1.82, 2.24) is 0 Å². The molecular formula is C25H19F2N3O4S. The number of thioether (sulfide) groups is 1. The van der Waals surface area contributed by atoms with Crippen LogP contribution in [-0.2, 0) is 14.3 Å². The number of amides is 2. The molecule has 0 aliphatic carbocycles. The van der Waals surface area contributed by atoms with Gasteiger partial charge in [-0.3, -0.25) is 9.59 Å². The maximum atomic E-state index is 13.8. The van der Waals surface area contributed by atoms with Gasteiger partial charge in [-0.2, -0.15) is 5.26 Å². The molecule has 2 N–H and O–H groups in total. The molecule has 3 rings (SSSR count). The average Bonchev–Trinajstić information content (AvgIpc) is 2.84. The largest absolute Gasteiger partial charge is 0.449 e. The van der Waals surface area contributed by atoms with Gasteiger partial charge in [-0.25, -0.2) is 13.6 Å². The number of nitrogens with one attached hydrogen (secondary N) is 2. The van der Waals surface area contributed by atoms with Crippen LogP contribution in [0.1, 0.15) is 22.8 Å². The number of nitrogens with zero attached hydrogens (tertiary/aromatic N) is 1. The Hall–Kier alpha value is -4.23. The van der Waals surface area contributed by atoms with Crippen LogP contribution in [0.3, 0.4) is 0 Å². The van der Waals surface area contributed by atoms with Gasteiger partial charge in [-0.05, 0) is 49.4 Å². The van der Waals surface area contributed by atoms with Crippen molar-refractivity contribution in [2.45, 2.75) is 17.9 Å². The van der Waals surface area contributed by atoms with Gasteiger partial charge in [0, 0.05) is 16.6 Å². The molecule has 1 atom stereocenters. The van der Waals surface area contributed by atoms with Crippen LogP contribution in [0.25, 0.3) is 0 Å². The van der Waals surface area contributed by atoms with Gasteiger partial charge in [-0.15, -0.1) is 11.8 Å². The summed E-state index contributed by atoms with van der Waals surface area (Å²) in [6.45, 7) is 1.31. The number of anilines is 2. The van der Waals surface area contributed by atoms with Crippen molar-refractivity contribution < 1.29 is 27.9 Å². The highest BCUT2D eigenvalue weighted by molar-refractivity contribution is 8.00. The van der Waals surface area contributed by atoms with Gasteiger partial charge in [0.1, 0.15) is 11.6 Å². The first-order valence-corrected chi connectivity index (χ1v) is 11.2. The van der Waals surface area contributed by atoms with Gasteiger partial charge in [-0.1, -0.05) is 18.2 Å². The van der Waals surface area contributed by atoms with Gasteiger partial charge < -0.3 is 15.4 Å². The second kappa shape index (κ2) is 11.8. The number of hydrogen-bond donors (Lipinski definition) is 2. The number of hydrogen-bond acceptors (Lipinski definition) is 6. The Kier molecular flexibility index (Phi) is 8.53. The van der Waals surface area contributed by atoms with Gasteiger partial charge in [0.05, 0.1) is 28.6 Å². The van der Waals surface area contributed by atoms with Crippen LogP contribution in [0, 0.1) is 23.0 Å². The third kappa shape index (κ3) is 7.12. The second-order valence-electron chi connectivity index (χ2n) is 7.19. The molecule has 178 valence electrons. The minimum atomic E-state index is -1.28. The summed E-state index contributed by atoms with van der Waals surface area (Å²) < 4.78 is 32.0. The first kappa shape index (κ1) is 25.4. The minimum absolute atomic E-state index is 0.0268. The second-order valence-corrected chi connectivity index (χ2v) is 8.20. The summed E-state index contributed by atoms with van der Waals surface area (Å²) in [4.78, 5) is 37.8. The summed E-state index contributed by atoms with van der Waals surface area (Å²) >= 11 is 1.09. The molecule has 7 nitrogen and oxygen atoms in total. The molecule has 3 aromatic rings. The van der Waals surface area contributed by atoms with Crippen molar-refractivity contribution in [3.8, 4) is 6.07 Å². The maximum absolute atomic E-state index is 13.8. The predicted molar refractivity (Wildman–Crippen MR) is 127 cm³/mol. The third-order valence-electron chi connectivity index (χ3n) is 4.58. The van der Waals surface area contributed by atoms with E-state index in [0.717, 1.165) is 23.9 Å². The third-order valence-corrected chi connectivity index (χ3v) is 5.66. The molecule has 3 aromatic carbocycles. The zero-order chi connectivity index (χ0) is 25.4. The van der Waals surface area contributed by atoms with E-state index in [1.807, 2.05) is 6.07 Å². The van der Waals surface area contributed by atoms with Crippen molar-refractivity contribution in [2.75, 3.05) is 16.4 Å². The fourth-order valence-corrected chi connectivity index (χ4v) is 3.71. The van der Waals surface area contributed by atoms with E-state index in [1.54, 1.807) is 36.4 Å². The highest BCUT2D eigenvalue weighted by atomic mass is 32.2. The fourth-order valence-electron chi connectivity index (χ4n) is 2.87. The lowest BCUT2D eigenvalue weighted by Crippen LogP contribution is -2.30.